The molecule has 1 unspecified atom stereocenters. The van der Waals surface area contributed by atoms with Gasteiger partial charge in [0, 0.05) is 31.5 Å². The van der Waals surface area contributed by atoms with E-state index in [-0.39, 0.29) is 12.0 Å². The zero-order chi connectivity index (χ0) is 12.3. The van der Waals surface area contributed by atoms with Gasteiger partial charge in [-0.1, -0.05) is 0 Å². The lowest BCUT2D eigenvalue weighted by molar-refractivity contribution is -0.0167. The number of ether oxygens (including phenoxy) is 1. The van der Waals surface area contributed by atoms with Gasteiger partial charge in [-0.05, 0) is 19.1 Å². The largest absolute Gasteiger partial charge is 0.373 e. The van der Waals surface area contributed by atoms with Crippen LogP contribution in [0.3, 0.4) is 0 Å². The van der Waals surface area contributed by atoms with Gasteiger partial charge in [-0.25, -0.2) is 0 Å². The van der Waals surface area contributed by atoms with E-state index in [1.165, 1.54) is 0 Å². The first-order chi connectivity index (χ1) is 8.20. The summed E-state index contributed by atoms with van der Waals surface area (Å²) in [6, 6.07) is 3.64. The van der Waals surface area contributed by atoms with E-state index in [2.05, 4.69) is 4.98 Å². The van der Waals surface area contributed by atoms with Gasteiger partial charge in [-0.3, -0.25) is 9.78 Å². The van der Waals surface area contributed by atoms with Crippen LogP contribution in [0.4, 0.5) is 0 Å². The smallest absolute Gasteiger partial charge is 0.255 e. The van der Waals surface area contributed by atoms with E-state index in [0.29, 0.717) is 31.8 Å². The summed E-state index contributed by atoms with van der Waals surface area (Å²) in [4.78, 5) is 18.1. The Labute approximate surface area is 101 Å². The van der Waals surface area contributed by atoms with Gasteiger partial charge in [0.05, 0.1) is 18.3 Å². The van der Waals surface area contributed by atoms with E-state index in [0.717, 1.165) is 5.69 Å². The molecule has 5 heteroatoms. The van der Waals surface area contributed by atoms with Gasteiger partial charge in [0.1, 0.15) is 0 Å². The second-order valence-corrected chi connectivity index (χ2v) is 4.17. The highest BCUT2D eigenvalue weighted by molar-refractivity contribution is 5.94. The Morgan fingerprint density at radius 1 is 1.65 bits per heavy atom. The van der Waals surface area contributed by atoms with Crippen molar-refractivity contribution in [2.45, 2.75) is 13.0 Å². The van der Waals surface area contributed by atoms with Gasteiger partial charge in [-0.15, -0.1) is 0 Å². The molecule has 0 radical (unpaired) electrons. The van der Waals surface area contributed by atoms with Crippen LogP contribution in [0.15, 0.2) is 18.3 Å². The van der Waals surface area contributed by atoms with Gasteiger partial charge in [0.2, 0.25) is 0 Å². The lowest BCUT2D eigenvalue weighted by Gasteiger charge is -2.32. The number of amides is 1. The average Bonchev–Trinajstić information content (AvgIpc) is 2.39. The number of hydrogen-bond donors (Lipinski definition) is 1. The number of aromatic nitrogens is 1. The molecule has 0 spiro atoms. The Balaban J connectivity index is 2.06. The van der Waals surface area contributed by atoms with Crippen molar-refractivity contribution in [2.24, 2.45) is 5.73 Å². The van der Waals surface area contributed by atoms with E-state index in [9.17, 15) is 4.79 Å². The fraction of sp³-hybridized carbons (Fsp3) is 0.500. The molecule has 5 nitrogen and oxygen atoms in total. The van der Waals surface area contributed by atoms with Crippen LogP contribution in [0.2, 0.25) is 0 Å². The highest BCUT2D eigenvalue weighted by atomic mass is 16.5. The van der Waals surface area contributed by atoms with Crippen LogP contribution in [-0.2, 0) is 4.74 Å². The Bertz CT molecular complexity index is 391. The lowest BCUT2D eigenvalue weighted by atomic mass is 10.2. The fourth-order valence-corrected chi connectivity index (χ4v) is 1.82. The van der Waals surface area contributed by atoms with Crippen molar-refractivity contribution in [2.75, 3.05) is 26.2 Å². The summed E-state index contributed by atoms with van der Waals surface area (Å²) in [5.41, 5.74) is 7.07. The molecule has 0 saturated carbocycles. The minimum atomic E-state index is -0.0499. The molecular formula is C12H17N3O2. The van der Waals surface area contributed by atoms with E-state index in [1.807, 2.05) is 13.0 Å². The summed E-state index contributed by atoms with van der Waals surface area (Å²) in [7, 11) is 0. The molecule has 2 rings (SSSR count). The van der Waals surface area contributed by atoms with Crippen LogP contribution in [0.1, 0.15) is 16.1 Å². The van der Waals surface area contributed by atoms with Crippen LogP contribution in [0.5, 0.6) is 0 Å². The maximum atomic E-state index is 12.2. The van der Waals surface area contributed by atoms with E-state index in [4.69, 9.17) is 10.5 Å². The Morgan fingerprint density at radius 3 is 3.12 bits per heavy atom. The first-order valence-electron chi connectivity index (χ1n) is 5.74. The first-order valence-corrected chi connectivity index (χ1v) is 5.74. The number of rotatable bonds is 2. The summed E-state index contributed by atoms with van der Waals surface area (Å²) in [5, 5.41) is 0. The molecule has 0 bridgehead atoms. The highest BCUT2D eigenvalue weighted by Gasteiger charge is 2.24. The van der Waals surface area contributed by atoms with Gasteiger partial charge in [-0.2, -0.15) is 0 Å². The zero-order valence-corrected chi connectivity index (χ0v) is 9.93. The van der Waals surface area contributed by atoms with Gasteiger partial charge in [0.15, 0.2) is 0 Å². The molecule has 1 saturated heterocycles. The zero-order valence-electron chi connectivity index (χ0n) is 9.93. The number of aryl methyl sites for hydroxylation is 1. The molecule has 0 aliphatic carbocycles. The van der Waals surface area contributed by atoms with E-state index in [1.54, 1.807) is 17.2 Å². The second kappa shape index (κ2) is 5.25. The Hall–Kier alpha value is -1.46. The number of pyridine rings is 1. The first kappa shape index (κ1) is 12.0. The second-order valence-electron chi connectivity index (χ2n) is 4.17. The van der Waals surface area contributed by atoms with Crippen molar-refractivity contribution in [3.05, 3.63) is 29.6 Å². The van der Waals surface area contributed by atoms with Crippen LogP contribution in [0, 0.1) is 6.92 Å². The maximum absolute atomic E-state index is 12.2. The molecule has 0 aromatic carbocycles. The Kier molecular flexibility index (Phi) is 3.71. The minimum absolute atomic E-state index is 0.000694. The van der Waals surface area contributed by atoms with Crippen LogP contribution in [0.25, 0.3) is 0 Å². The van der Waals surface area contributed by atoms with Crippen molar-refractivity contribution >= 4 is 5.91 Å². The van der Waals surface area contributed by atoms with Crippen molar-refractivity contribution < 1.29 is 9.53 Å². The van der Waals surface area contributed by atoms with Gasteiger partial charge in [0.25, 0.3) is 5.91 Å². The standard InChI is InChI=1S/C12H17N3O2/c1-9-2-3-10(7-14-9)12(16)15-4-5-17-11(6-13)8-15/h2-3,7,11H,4-6,8,13H2,1H3. The quantitative estimate of drug-likeness (QED) is 0.794. The molecule has 1 aromatic heterocycles. The molecule has 1 amide bonds. The summed E-state index contributed by atoms with van der Waals surface area (Å²) >= 11 is 0. The van der Waals surface area contributed by atoms with Crippen LogP contribution < -0.4 is 5.73 Å². The normalized spacial score (nSPS) is 20.4. The summed E-state index contributed by atoms with van der Waals surface area (Å²) in [5.74, 6) is -0.000694. The molecule has 1 fully saturated rings. The lowest BCUT2D eigenvalue weighted by Crippen LogP contribution is -2.48. The molecule has 92 valence electrons. The molecule has 17 heavy (non-hydrogen) atoms. The number of nitrogens with two attached hydrogens (primary N) is 1. The van der Waals surface area contributed by atoms with Crippen molar-refractivity contribution in [1.29, 1.82) is 0 Å². The van der Waals surface area contributed by atoms with Crippen LogP contribution in [-0.4, -0.2) is 48.1 Å². The summed E-state index contributed by atoms with van der Waals surface area (Å²) in [6.45, 7) is 4.06. The summed E-state index contributed by atoms with van der Waals surface area (Å²) in [6.07, 6.45) is 1.57. The number of carbonyl (C=O) groups is 1. The third-order valence-electron chi connectivity index (χ3n) is 2.85. The van der Waals surface area contributed by atoms with Crippen LogP contribution >= 0.6 is 0 Å². The molecule has 1 aliphatic heterocycles. The molecular weight excluding hydrogens is 218 g/mol. The summed E-state index contributed by atoms with van der Waals surface area (Å²) < 4.78 is 5.43. The number of morpholine rings is 1. The average molecular weight is 235 g/mol. The van der Waals surface area contributed by atoms with Gasteiger partial charge < -0.3 is 15.4 Å². The highest BCUT2D eigenvalue weighted by Crippen LogP contribution is 2.10. The number of hydrogen-bond acceptors (Lipinski definition) is 4. The fourth-order valence-electron chi connectivity index (χ4n) is 1.82. The molecule has 1 aromatic rings. The maximum Gasteiger partial charge on any atom is 0.255 e. The topological polar surface area (TPSA) is 68.5 Å². The molecule has 1 aliphatic rings. The predicted molar refractivity (Wildman–Crippen MR) is 63.7 cm³/mol. The minimum Gasteiger partial charge on any atom is -0.373 e. The monoisotopic (exact) mass is 235 g/mol. The van der Waals surface area contributed by atoms with E-state index >= 15 is 0 Å². The SMILES string of the molecule is Cc1ccc(C(=O)N2CCOC(CN)C2)cn1. The van der Waals surface area contributed by atoms with Crippen molar-refractivity contribution in [3.63, 3.8) is 0 Å². The van der Waals surface area contributed by atoms with Gasteiger partial charge >= 0.3 is 0 Å². The third-order valence-corrected chi connectivity index (χ3v) is 2.85. The van der Waals surface area contributed by atoms with Crippen molar-refractivity contribution in [3.8, 4) is 0 Å². The number of nitrogens with zero attached hydrogens (tertiary/aromatic N) is 2. The molecule has 2 heterocycles. The Morgan fingerprint density at radius 2 is 2.47 bits per heavy atom. The molecule has 2 N–H and O–H groups in total. The predicted octanol–water partition coefficient (Wildman–Crippen LogP) is 0.190. The van der Waals surface area contributed by atoms with Crippen molar-refractivity contribution in [1.82, 2.24) is 9.88 Å². The molecule has 1 atom stereocenters. The number of carbonyl (C=O) groups excluding carboxylic acids is 1. The van der Waals surface area contributed by atoms with E-state index < -0.39 is 0 Å². The third kappa shape index (κ3) is 2.81.